The van der Waals surface area contributed by atoms with Crippen LogP contribution in [-0.4, -0.2) is 44.7 Å². The van der Waals surface area contributed by atoms with Crippen molar-refractivity contribution in [3.8, 4) is 5.75 Å². The minimum atomic E-state index is -3.47. The molecule has 2 N–H and O–H groups in total. The number of para-hydroxylation sites is 1. The van der Waals surface area contributed by atoms with Gasteiger partial charge in [-0.1, -0.05) is 18.2 Å². The Labute approximate surface area is 131 Å². The van der Waals surface area contributed by atoms with Crippen LogP contribution in [0.3, 0.4) is 0 Å². The highest BCUT2D eigenvalue weighted by Crippen LogP contribution is 2.18. The number of benzene rings is 1. The van der Waals surface area contributed by atoms with Gasteiger partial charge in [-0.05, 0) is 30.9 Å². The van der Waals surface area contributed by atoms with Crippen molar-refractivity contribution in [1.29, 1.82) is 0 Å². The number of hydrogen-bond acceptors (Lipinski definition) is 4. The lowest BCUT2D eigenvalue weighted by atomic mass is 10.2. The third-order valence-electron chi connectivity index (χ3n) is 3.65. The Balaban J connectivity index is 1.66. The van der Waals surface area contributed by atoms with Gasteiger partial charge < -0.3 is 9.64 Å². The zero-order valence-electron chi connectivity index (χ0n) is 12.5. The molecule has 1 fully saturated rings. The summed E-state index contributed by atoms with van der Waals surface area (Å²) < 4.78 is 27.7. The number of rotatable bonds is 7. The van der Waals surface area contributed by atoms with Crippen molar-refractivity contribution < 1.29 is 17.9 Å². The average Bonchev–Trinajstić information content (AvgIpc) is 2.91. The second-order valence-corrected chi connectivity index (χ2v) is 7.25. The van der Waals surface area contributed by atoms with Crippen LogP contribution >= 0.6 is 0 Å². The molecule has 1 aromatic carbocycles. The molecule has 0 spiro atoms. The zero-order valence-corrected chi connectivity index (χ0v) is 13.3. The van der Waals surface area contributed by atoms with Crippen molar-refractivity contribution in [3.05, 3.63) is 30.3 Å². The van der Waals surface area contributed by atoms with E-state index in [1.54, 1.807) is 4.90 Å². The number of nitrogens with zero attached hydrogens (tertiary/aromatic N) is 1. The topological polar surface area (TPSA) is 89.7 Å². The van der Waals surface area contributed by atoms with Gasteiger partial charge in [-0.15, -0.1) is 0 Å². The molecule has 2 rings (SSSR count). The summed E-state index contributed by atoms with van der Waals surface area (Å²) in [5, 5.41) is 5.04. The van der Waals surface area contributed by atoms with Crippen LogP contribution < -0.4 is 9.88 Å². The van der Waals surface area contributed by atoms with Crippen LogP contribution in [0.4, 0.5) is 0 Å². The Morgan fingerprint density at radius 2 is 2.05 bits per heavy atom. The molecule has 0 radical (unpaired) electrons. The molecule has 1 amide bonds. The Bertz CT molecular complexity index is 589. The largest absolute Gasteiger partial charge is 0.494 e. The van der Waals surface area contributed by atoms with Crippen molar-refractivity contribution in [2.24, 2.45) is 11.1 Å². The standard InChI is InChI=1S/C15H22N2O4S/c16-22(19,20)12-13-8-9-17(11-13)15(18)7-4-10-21-14-5-2-1-3-6-14/h1-3,5-6,13H,4,7-12H2,(H2,16,19,20)/t13-/m0/s1. The van der Waals surface area contributed by atoms with Crippen LogP contribution in [0.1, 0.15) is 19.3 Å². The maximum absolute atomic E-state index is 12.1. The number of nitrogens with two attached hydrogens (primary N) is 1. The van der Waals surface area contributed by atoms with Crippen molar-refractivity contribution in [1.82, 2.24) is 4.90 Å². The summed E-state index contributed by atoms with van der Waals surface area (Å²) in [6, 6.07) is 9.47. The predicted molar refractivity (Wildman–Crippen MR) is 83.8 cm³/mol. The molecule has 1 saturated heterocycles. The van der Waals surface area contributed by atoms with E-state index >= 15 is 0 Å². The number of likely N-dealkylation sites (tertiary alicyclic amines) is 1. The van der Waals surface area contributed by atoms with Crippen molar-refractivity contribution in [3.63, 3.8) is 0 Å². The fourth-order valence-electron chi connectivity index (χ4n) is 2.61. The fourth-order valence-corrected chi connectivity index (χ4v) is 3.54. The van der Waals surface area contributed by atoms with E-state index in [0.29, 0.717) is 39.0 Å². The van der Waals surface area contributed by atoms with E-state index in [-0.39, 0.29) is 17.6 Å². The molecule has 0 bridgehead atoms. The first-order valence-electron chi connectivity index (χ1n) is 7.40. The van der Waals surface area contributed by atoms with Gasteiger partial charge in [0.2, 0.25) is 15.9 Å². The van der Waals surface area contributed by atoms with E-state index in [1.165, 1.54) is 0 Å². The third kappa shape index (κ3) is 5.65. The summed E-state index contributed by atoms with van der Waals surface area (Å²) in [6.07, 6.45) is 1.75. The van der Waals surface area contributed by atoms with Gasteiger partial charge in [0.15, 0.2) is 0 Å². The highest BCUT2D eigenvalue weighted by atomic mass is 32.2. The maximum Gasteiger partial charge on any atom is 0.222 e. The molecular weight excluding hydrogens is 304 g/mol. The highest BCUT2D eigenvalue weighted by Gasteiger charge is 2.28. The summed E-state index contributed by atoms with van der Waals surface area (Å²) >= 11 is 0. The molecular formula is C15H22N2O4S. The molecule has 122 valence electrons. The molecule has 1 aromatic rings. The van der Waals surface area contributed by atoms with Gasteiger partial charge in [0.1, 0.15) is 5.75 Å². The second-order valence-electron chi connectivity index (χ2n) is 5.59. The average molecular weight is 326 g/mol. The molecule has 7 heteroatoms. The zero-order chi connectivity index (χ0) is 16.0. The van der Waals surface area contributed by atoms with Crippen LogP contribution in [0.5, 0.6) is 5.75 Å². The van der Waals surface area contributed by atoms with Gasteiger partial charge in [-0.25, -0.2) is 13.6 Å². The smallest absolute Gasteiger partial charge is 0.222 e. The molecule has 0 unspecified atom stereocenters. The van der Waals surface area contributed by atoms with Gasteiger partial charge in [-0.3, -0.25) is 4.79 Å². The van der Waals surface area contributed by atoms with E-state index in [0.717, 1.165) is 5.75 Å². The van der Waals surface area contributed by atoms with Gasteiger partial charge >= 0.3 is 0 Å². The van der Waals surface area contributed by atoms with E-state index < -0.39 is 10.0 Å². The lowest BCUT2D eigenvalue weighted by Crippen LogP contribution is -2.30. The van der Waals surface area contributed by atoms with Crippen LogP contribution in [0.2, 0.25) is 0 Å². The van der Waals surface area contributed by atoms with Crippen LogP contribution in [-0.2, 0) is 14.8 Å². The quantitative estimate of drug-likeness (QED) is 0.756. The minimum Gasteiger partial charge on any atom is -0.494 e. The number of sulfonamides is 1. The summed E-state index contributed by atoms with van der Waals surface area (Å²) in [5.74, 6) is 0.755. The van der Waals surface area contributed by atoms with Crippen molar-refractivity contribution in [2.75, 3.05) is 25.4 Å². The Hall–Kier alpha value is -1.60. The first kappa shape index (κ1) is 16.8. The van der Waals surface area contributed by atoms with Gasteiger partial charge in [0, 0.05) is 19.5 Å². The summed E-state index contributed by atoms with van der Waals surface area (Å²) in [5.41, 5.74) is 0. The Morgan fingerprint density at radius 1 is 1.32 bits per heavy atom. The summed E-state index contributed by atoms with van der Waals surface area (Å²) in [6.45, 7) is 1.58. The molecule has 22 heavy (non-hydrogen) atoms. The second kappa shape index (κ2) is 7.60. The van der Waals surface area contributed by atoms with Gasteiger partial charge in [-0.2, -0.15) is 0 Å². The third-order valence-corrected chi connectivity index (χ3v) is 4.59. The Kier molecular flexibility index (Phi) is 5.79. The number of carbonyl (C=O) groups is 1. The monoisotopic (exact) mass is 326 g/mol. The predicted octanol–water partition coefficient (Wildman–Crippen LogP) is 0.983. The lowest BCUT2D eigenvalue weighted by molar-refractivity contribution is -0.130. The molecule has 0 aliphatic carbocycles. The number of hydrogen-bond donors (Lipinski definition) is 1. The number of carbonyl (C=O) groups excluding carboxylic acids is 1. The number of ether oxygens (including phenoxy) is 1. The number of amides is 1. The van der Waals surface area contributed by atoms with Gasteiger partial charge in [0.05, 0.1) is 12.4 Å². The SMILES string of the molecule is NS(=O)(=O)C[C@H]1CCN(C(=O)CCCOc2ccccc2)C1. The van der Waals surface area contributed by atoms with Crippen molar-refractivity contribution in [2.45, 2.75) is 19.3 Å². The first-order valence-corrected chi connectivity index (χ1v) is 9.12. The normalized spacial score (nSPS) is 18.4. The molecule has 1 aliphatic rings. The van der Waals surface area contributed by atoms with Crippen LogP contribution in [0, 0.1) is 5.92 Å². The molecule has 1 heterocycles. The lowest BCUT2D eigenvalue weighted by Gasteiger charge is -2.16. The van der Waals surface area contributed by atoms with Crippen LogP contribution in [0.15, 0.2) is 30.3 Å². The Morgan fingerprint density at radius 3 is 2.73 bits per heavy atom. The first-order chi connectivity index (χ1) is 10.4. The number of primary sulfonamides is 1. The molecule has 0 saturated carbocycles. The fraction of sp³-hybridized carbons (Fsp3) is 0.533. The molecule has 1 atom stereocenters. The summed E-state index contributed by atoms with van der Waals surface area (Å²) in [4.78, 5) is 13.8. The van der Waals surface area contributed by atoms with E-state index in [1.807, 2.05) is 30.3 Å². The maximum atomic E-state index is 12.1. The van der Waals surface area contributed by atoms with E-state index in [4.69, 9.17) is 9.88 Å². The highest BCUT2D eigenvalue weighted by molar-refractivity contribution is 7.89. The van der Waals surface area contributed by atoms with Crippen LogP contribution in [0.25, 0.3) is 0 Å². The molecule has 0 aromatic heterocycles. The molecule has 1 aliphatic heterocycles. The van der Waals surface area contributed by atoms with E-state index in [2.05, 4.69) is 0 Å². The van der Waals surface area contributed by atoms with E-state index in [9.17, 15) is 13.2 Å². The molecule has 6 nitrogen and oxygen atoms in total. The van der Waals surface area contributed by atoms with Crippen molar-refractivity contribution >= 4 is 15.9 Å². The minimum absolute atomic E-state index is 0.0421. The summed E-state index contributed by atoms with van der Waals surface area (Å²) in [7, 11) is -3.47. The van der Waals surface area contributed by atoms with Gasteiger partial charge in [0.25, 0.3) is 0 Å².